The molecule has 18 heavy (non-hydrogen) atoms. The first kappa shape index (κ1) is 14.3. The molecule has 0 bridgehead atoms. The molecule has 1 heterocycles. The Balaban J connectivity index is 1.76. The van der Waals surface area contributed by atoms with Crippen molar-refractivity contribution >= 4 is 0 Å². The molecule has 3 nitrogen and oxygen atoms in total. The van der Waals surface area contributed by atoms with Crippen LogP contribution in [-0.2, 0) is 4.74 Å². The van der Waals surface area contributed by atoms with Crippen LogP contribution in [0.25, 0.3) is 0 Å². The summed E-state index contributed by atoms with van der Waals surface area (Å²) in [6.07, 6.45) is 7.89. The van der Waals surface area contributed by atoms with Crippen molar-refractivity contribution in [3.05, 3.63) is 0 Å². The first-order chi connectivity index (χ1) is 8.81. The minimum Gasteiger partial charge on any atom is -0.381 e. The Morgan fingerprint density at radius 2 is 1.94 bits per heavy atom. The normalized spacial score (nSPS) is 30.2. The molecule has 2 unspecified atom stereocenters. The van der Waals surface area contributed by atoms with Crippen LogP contribution in [0.15, 0.2) is 0 Å². The number of hydrogen-bond acceptors (Lipinski definition) is 3. The highest BCUT2D eigenvalue weighted by Crippen LogP contribution is 2.27. The van der Waals surface area contributed by atoms with Crippen molar-refractivity contribution in [3.63, 3.8) is 0 Å². The summed E-state index contributed by atoms with van der Waals surface area (Å²) >= 11 is 0. The van der Waals surface area contributed by atoms with Crippen LogP contribution in [-0.4, -0.2) is 50.3 Å². The highest BCUT2D eigenvalue weighted by molar-refractivity contribution is 4.86. The molecule has 1 saturated carbocycles. The molecule has 0 radical (unpaired) electrons. The molecule has 2 atom stereocenters. The minimum absolute atomic E-state index is 0.756. The zero-order chi connectivity index (χ0) is 12.8. The van der Waals surface area contributed by atoms with Crippen molar-refractivity contribution in [3.8, 4) is 0 Å². The standard InChI is InChI=1S/C15H30N2O/c1-3-9-16-15-6-4-5-13(15)12-17(2)14-7-10-18-11-8-14/h13-16H,3-12H2,1-2H3. The van der Waals surface area contributed by atoms with Crippen LogP contribution >= 0.6 is 0 Å². The van der Waals surface area contributed by atoms with E-state index in [1.807, 2.05) is 0 Å². The molecule has 1 aliphatic carbocycles. The van der Waals surface area contributed by atoms with E-state index in [1.165, 1.54) is 51.6 Å². The van der Waals surface area contributed by atoms with Crippen molar-refractivity contribution < 1.29 is 4.74 Å². The topological polar surface area (TPSA) is 24.5 Å². The van der Waals surface area contributed by atoms with Crippen molar-refractivity contribution in [2.75, 3.05) is 33.4 Å². The first-order valence-corrected chi connectivity index (χ1v) is 7.82. The average Bonchev–Trinajstić information content (AvgIpc) is 2.84. The van der Waals surface area contributed by atoms with Crippen LogP contribution in [0.4, 0.5) is 0 Å². The first-order valence-electron chi connectivity index (χ1n) is 7.82. The van der Waals surface area contributed by atoms with Gasteiger partial charge in [0.05, 0.1) is 0 Å². The van der Waals surface area contributed by atoms with Crippen LogP contribution in [0, 0.1) is 5.92 Å². The molecule has 3 heteroatoms. The summed E-state index contributed by atoms with van der Waals surface area (Å²) < 4.78 is 5.46. The number of rotatable bonds is 6. The van der Waals surface area contributed by atoms with Crippen molar-refractivity contribution in [2.24, 2.45) is 5.92 Å². The second-order valence-corrected chi connectivity index (χ2v) is 6.03. The van der Waals surface area contributed by atoms with E-state index in [1.54, 1.807) is 0 Å². The van der Waals surface area contributed by atoms with Gasteiger partial charge in [-0.15, -0.1) is 0 Å². The van der Waals surface area contributed by atoms with Crippen molar-refractivity contribution in [2.45, 2.75) is 57.5 Å². The molecule has 2 rings (SSSR count). The van der Waals surface area contributed by atoms with Gasteiger partial charge in [-0.3, -0.25) is 0 Å². The SMILES string of the molecule is CCCNC1CCCC1CN(C)C1CCOCC1. The summed E-state index contributed by atoms with van der Waals surface area (Å²) in [7, 11) is 2.31. The molecule has 0 aromatic heterocycles. The molecule has 1 N–H and O–H groups in total. The van der Waals surface area contributed by atoms with Gasteiger partial charge in [-0.2, -0.15) is 0 Å². The van der Waals surface area contributed by atoms with E-state index in [2.05, 4.69) is 24.2 Å². The Morgan fingerprint density at radius 1 is 1.17 bits per heavy atom. The van der Waals surface area contributed by atoms with E-state index in [9.17, 15) is 0 Å². The largest absolute Gasteiger partial charge is 0.381 e. The third-order valence-corrected chi connectivity index (χ3v) is 4.65. The second-order valence-electron chi connectivity index (χ2n) is 6.03. The molecule has 2 aliphatic rings. The fraction of sp³-hybridized carbons (Fsp3) is 1.00. The van der Waals surface area contributed by atoms with Gasteiger partial charge in [-0.05, 0) is 51.6 Å². The summed E-state index contributed by atoms with van der Waals surface area (Å²) in [4.78, 5) is 2.60. The lowest BCUT2D eigenvalue weighted by Crippen LogP contribution is -2.43. The molecule has 2 fully saturated rings. The fourth-order valence-corrected chi connectivity index (χ4v) is 3.50. The van der Waals surface area contributed by atoms with Gasteiger partial charge in [0.25, 0.3) is 0 Å². The second kappa shape index (κ2) is 7.46. The maximum atomic E-state index is 5.46. The lowest BCUT2D eigenvalue weighted by molar-refractivity contribution is 0.0372. The highest BCUT2D eigenvalue weighted by atomic mass is 16.5. The van der Waals surface area contributed by atoms with E-state index in [4.69, 9.17) is 4.74 Å². The number of nitrogens with one attached hydrogen (secondary N) is 1. The summed E-state index contributed by atoms with van der Waals surface area (Å²) in [5, 5.41) is 3.74. The quantitative estimate of drug-likeness (QED) is 0.787. The Hall–Kier alpha value is -0.120. The lowest BCUT2D eigenvalue weighted by Gasteiger charge is -2.34. The maximum absolute atomic E-state index is 5.46. The molecule has 0 aromatic carbocycles. The van der Waals surface area contributed by atoms with Crippen molar-refractivity contribution in [1.82, 2.24) is 10.2 Å². The average molecular weight is 254 g/mol. The van der Waals surface area contributed by atoms with Gasteiger partial charge in [0.15, 0.2) is 0 Å². The molecular formula is C15H30N2O. The van der Waals surface area contributed by atoms with Crippen LogP contribution in [0.1, 0.15) is 45.4 Å². The Bertz CT molecular complexity index is 229. The highest BCUT2D eigenvalue weighted by Gasteiger charge is 2.29. The Labute approximate surface area is 112 Å². The molecule has 0 spiro atoms. The number of hydrogen-bond donors (Lipinski definition) is 1. The van der Waals surface area contributed by atoms with Crippen LogP contribution in [0.3, 0.4) is 0 Å². The smallest absolute Gasteiger partial charge is 0.0480 e. The summed E-state index contributed by atoms with van der Waals surface area (Å²) in [5.74, 6) is 0.865. The van der Waals surface area contributed by atoms with Crippen LogP contribution in [0.5, 0.6) is 0 Å². The third kappa shape index (κ3) is 3.94. The van der Waals surface area contributed by atoms with E-state index in [-0.39, 0.29) is 0 Å². The van der Waals surface area contributed by atoms with E-state index < -0.39 is 0 Å². The number of ether oxygens (including phenoxy) is 1. The zero-order valence-electron chi connectivity index (χ0n) is 12.2. The summed E-state index contributed by atoms with van der Waals surface area (Å²) in [5.41, 5.74) is 0. The number of nitrogens with zero attached hydrogens (tertiary/aromatic N) is 1. The summed E-state index contributed by atoms with van der Waals surface area (Å²) in [6, 6.07) is 1.53. The van der Waals surface area contributed by atoms with Gasteiger partial charge in [-0.1, -0.05) is 13.3 Å². The Kier molecular flexibility index (Phi) is 5.93. The molecule has 1 aliphatic heterocycles. The van der Waals surface area contributed by atoms with Crippen molar-refractivity contribution in [1.29, 1.82) is 0 Å². The lowest BCUT2D eigenvalue weighted by atomic mass is 10.00. The zero-order valence-corrected chi connectivity index (χ0v) is 12.2. The fourth-order valence-electron chi connectivity index (χ4n) is 3.50. The third-order valence-electron chi connectivity index (χ3n) is 4.65. The van der Waals surface area contributed by atoms with E-state index in [0.29, 0.717) is 0 Å². The molecule has 106 valence electrons. The minimum atomic E-state index is 0.756. The summed E-state index contributed by atoms with van der Waals surface area (Å²) in [6.45, 7) is 6.62. The van der Waals surface area contributed by atoms with Gasteiger partial charge in [0.1, 0.15) is 0 Å². The van der Waals surface area contributed by atoms with Crippen LogP contribution < -0.4 is 5.32 Å². The Morgan fingerprint density at radius 3 is 2.67 bits per heavy atom. The molecule has 0 amide bonds. The van der Waals surface area contributed by atoms with Crippen LogP contribution in [0.2, 0.25) is 0 Å². The molecular weight excluding hydrogens is 224 g/mol. The molecule has 0 aromatic rings. The monoisotopic (exact) mass is 254 g/mol. The maximum Gasteiger partial charge on any atom is 0.0480 e. The van der Waals surface area contributed by atoms with Gasteiger partial charge in [0, 0.05) is 31.8 Å². The predicted molar refractivity (Wildman–Crippen MR) is 75.9 cm³/mol. The van der Waals surface area contributed by atoms with Gasteiger partial charge in [0.2, 0.25) is 0 Å². The van der Waals surface area contributed by atoms with Gasteiger partial charge < -0.3 is 15.0 Å². The predicted octanol–water partition coefficient (Wildman–Crippen LogP) is 2.27. The van der Waals surface area contributed by atoms with Gasteiger partial charge in [-0.25, -0.2) is 0 Å². The van der Waals surface area contributed by atoms with E-state index in [0.717, 1.165) is 31.2 Å². The molecule has 1 saturated heterocycles. The van der Waals surface area contributed by atoms with Gasteiger partial charge >= 0.3 is 0 Å². The van der Waals surface area contributed by atoms with E-state index >= 15 is 0 Å².